The second-order valence-corrected chi connectivity index (χ2v) is 15.2. The van der Waals surface area contributed by atoms with Crippen LogP contribution in [0, 0.1) is 5.92 Å². The Kier molecular flexibility index (Phi) is 6.59. The van der Waals surface area contributed by atoms with Crippen molar-refractivity contribution >= 4 is 25.6 Å². The van der Waals surface area contributed by atoms with Crippen LogP contribution in [0.3, 0.4) is 0 Å². The van der Waals surface area contributed by atoms with Gasteiger partial charge in [-0.3, -0.25) is 0 Å². The lowest BCUT2D eigenvalue weighted by molar-refractivity contribution is 0.00578. The fourth-order valence-corrected chi connectivity index (χ4v) is 10.7. The molecule has 2 atom stereocenters. The van der Waals surface area contributed by atoms with E-state index in [1.165, 1.54) is 42.5 Å². The van der Waals surface area contributed by atoms with Crippen LogP contribution in [0.15, 0.2) is 72.7 Å². The molecule has 0 radical (unpaired) electrons. The summed E-state index contributed by atoms with van der Waals surface area (Å²) < 4.78 is 13.0. The molecule has 2 nitrogen and oxygen atoms in total. The summed E-state index contributed by atoms with van der Waals surface area (Å²) in [7, 11) is -2.38. The minimum atomic E-state index is -2.05. The molecule has 0 amide bonds. The van der Waals surface area contributed by atoms with Crippen molar-refractivity contribution in [2.45, 2.75) is 83.1 Å². The third kappa shape index (κ3) is 4.18. The molecular formula is C28H39BO2Si. The normalized spacial score (nSPS) is 25.3. The Morgan fingerprint density at radius 2 is 1.28 bits per heavy atom. The number of benzene rings is 2. The second kappa shape index (κ2) is 8.96. The van der Waals surface area contributed by atoms with Gasteiger partial charge in [0.05, 0.1) is 11.2 Å². The minimum absolute atomic E-state index is 0.324. The van der Waals surface area contributed by atoms with E-state index >= 15 is 0 Å². The van der Waals surface area contributed by atoms with Crippen molar-refractivity contribution in [3.8, 4) is 0 Å². The van der Waals surface area contributed by atoms with Crippen LogP contribution in [-0.2, 0) is 9.31 Å². The van der Waals surface area contributed by atoms with Gasteiger partial charge in [0, 0.05) is 0 Å². The van der Waals surface area contributed by atoms with Crippen LogP contribution in [0.25, 0.3) is 0 Å². The number of rotatable bonds is 5. The lowest BCUT2D eigenvalue weighted by Crippen LogP contribution is -2.61. The van der Waals surface area contributed by atoms with Gasteiger partial charge in [0.25, 0.3) is 0 Å². The Morgan fingerprint density at radius 3 is 1.78 bits per heavy atom. The molecule has 1 saturated heterocycles. The van der Waals surface area contributed by atoms with Gasteiger partial charge >= 0.3 is 7.12 Å². The van der Waals surface area contributed by atoms with E-state index in [9.17, 15) is 0 Å². The van der Waals surface area contributed by atoms with E-state index in [2.05, 4.69) is 101 Å². The van der Waals surface area contributed by atoms with Gasteiger partial charge in [0.15, 0.2) is 0 Å². The number of hydrogen-bond acceptors (Lipinski definition) is 2. The Morgan fingerprint density at radius 1 is 0.812 bits per heavy atom. The van der Waals surface area contributed by atoms with Crippen LogP contribution in [0.5, 0.6) is 0 Å². The minimum Gasteiger partial charge on any atom is -0.400 e. The van der Waals surface area contributed by atoms with Crippen molar-refractivity contribution in [2.75, 3.05) is 0 Å². The van der Waals surface area contributed by atoms with Gasteiger partial charge in [-0.15, -0.1) is 6.58 Å². The van der Waals surface area contributed by atoms with Crippen molar-refractivity contribution < 1.29 is 9.31 Å². The Balaban J connectivity index is 1.76. The molecule has 2 aliphatic rings. The zero-order valence-electron chi connectivity index (χ0n) is 20.6. The molecule has 2 fully saturated rings. The standard InChI is InChI=1S/C28H39BO2Si/c1-22(29-30-27(2,3)28(4,5)31-29)25-20-14-9-15-21-26(25)32(6,23-16-10-7-11-17-23)24-18-12-8-13-19-24/h7-8,10-13,16-19,25-26H,1,9,14-15,20-21H2,2-6H3/t25-,26-/m0/s1. The molecular weight excluding hydrogens is 407 g/mol. The van der Waals surface area contributed by atoms with Crippen LogP contribution in [0.4, 0.5) is 0 Å². The lowest BCUT2D eigenvalue weighted by atomic mass is 9.69. The Hall–Kier alpha value is -1.62. The van der Waals surface area contributed by atoms with E-state index in [1.54, 1.807) is 0 Å². The molecule has 0 spiro atoms. The molecule has 1 heterocycles. The highest BCUT2D eigenvalue weighted by atomic mass is 28.3. The maximum atomic E-state index is 6.49. The zero-order valence-corrected chi connectivity index (χ0v) is 21.6. The topological polar surface area (TPSA) is 18.5 Å². The van der Waals surface area contributed by atoms with E-state index in [4.69, 9.17) is 9.31 Å². The van der Waals surface area contributed by atoms with Crippen LogP contribution < -0.4 is 10.4 Å². The smallest absolute Gasteiger partial charge is 0.400 e. The Labute approximate surface area is 196 Å². The fraction of sp³-hybridized carbons (Fsp3) is 0.500. The zero-order chi connectivity index (χ0) is 23.0. The Bertz CT molecular complexity index is 869. The van der Waals surface area contributed by atoms with Crippen LogP contribution in [-0.4, -0.2) is 26.4 Å². The molecule has 1 aliphatic carbocycles. The fourth-order valence-electron chi connectivity index (χ4n) is 5.78. The third-order valence-corrected chi connectivity index (χ3v) is 13.8. The maximum Gasteiger partial charge on any atom is 0.490 e. The third-order valence-electron chi connectivity index (χ3n) is 8.54. The molecule has 0 N–H and O–H groups in total. The van der Waals surface area contributed by atoms with Crippen LogP contribution in [0.1, 0.15) is 59.8 Å². The number of allylic oxidation sites excluding steroid dienone is 1. The summed E-state index contributed by atoms with van der Waals surface area (Å²) in [6.45, 7) is 15.8. The van der Waals surface area contributed by atoms with Crippen molar-refractivity contribution in [2.24, 2.45) is 5.92 Å². The summed E-state index contributed by atoms with van der Waals surface area (Å²) in [5.74, 6) is 0.407. The van der Waals surface area contributed by atoms with E-state index < -0.39 is 8.07 Å². The van der Waals surface area contributed by atoms with Crippen molar-refractivity contribution in [1.82, 2.24) is 0 Å². The first-order chi connectivity index (χ1) is 15.2. The van der Waals surface area contributed by atoms with E-state index in [0.29, 0.717) is 11.5 Å². The summed E-state index contributed by atoms with van der Waals surface area (Å²) in [4.78, 5) is 0. The van der Waals surface area contributed by atoms with Crippen LogP contribution in [0.2, 0.25) is 12.1 Å². The number of hydrogen-bond donors (Lipinski definition) is 0. The summed E-state index contributed by atoms with van der Waals surface area (Å²) in [5.41, 5.74) is 1.06. The summed E-state index contributed by atoms with van der Waals surface area (Å²) in [5, 5.41) is 3.04. The molecule has 0 unspecified atom stereocenters. The van der Waals surface area contributed by atoms with E-state index in [0.717, 1.165) is 5.47 Å². The quantitative estimate of drug-likeness (QED) is 0.413. The first-order valence-corrected chi connectivity index (χ1v) is 14.9. The predicted octanol–water partition coefficient (Wildman–Crippen LogP) is 6.02. The van der Waals surface area contributed by atoms with Crippen molar-refractivity contribution in [1.29, 1.82) is 0 Å². The van der Waals surface area contributed by atoms with Gasteiger partial charge < -0.3 is 9.31 Å². The molecule has 2 aromatic carbocycles. The highest BCUT2D eigenvalue weighted by Gasteiger charge is 2.55. The van der Waals surface area contributed by atoms with Crippen molar-refractivity contribution in [3.05, 3.63) is 72.7 Å². The average molecular weight is 447 g/mol. The van der Waals surface area contributed by atoms with Gasteiger partial charge in [-0.05, 0) is 51.0 Å². The predicted molar refractivity (Wildman–Crippen MR) is 139 cm³/mol. The summed E-state index contributed by atoms with van der Waals surface area (Å²) in [6, 6.07) is 22.5. The second-order valence-electron chi connectivity index (χ2n) is 10.9. The van der Waals surface area contributed by atoms with E-state index in [1.807, 2.05) is 0 Å². The highest BCUT2D eigenvalue weighted by molar-refractivity contribution is 7.02. The van der Waals surface area contributed by atoms with Gasteiger partial charge in [0.1, 0.15) is 8.07 Å². The molecule has 4 rings (SSSR count). The molecule has 32 heavy (non-hydrogen) atoms. The first-order valence-electron chi connectivity index (χ1n) is 12.3. The lowest BCUT2D eigenvalue weighted by Gasteiger charge is -2.42. The molecule has 0 aromatic heterocycles. The SMILES string of the molecule is C=C(B1OC(C)(C)C(C)(C)O1)[C@@H]1CCCCC[C@@H]1[Si](C)(c1ccccc1)c1ccccc1. The molecule has 170 valence electrons. The monoisotopic (exact) mass is 446 g/mol. The average Bonchev–Trinajstić information content (AvgIpc) is 2.95. The van der Waals surface area contributed by atoms with Crippen LogP contribution >= 0.6 is 0 Å². The van der Waals surface area contributed by atoms with Crippen molar-refractivity contribution in [3.63, 3.8) is 0 Å². The summed E-state index contributed by atoms with van der Waals surface area (Å²) >= 11 is 0. The molecule has 1 aliphatic heterocycles. The van der Waals surface area contributed by atoms with Gasteiger partial charge in [-0.2, -0.15) is 0 Å². The van der Waals surface area contributed by atoms with Gasteiger partial charge in [-0.1, -0.05) is 103 Å². The largest absolute Gasteiger partial charge is 0.490 e. The molecule has 2 aromatic rings. The molecule has 4 heteroatoms. The maximum absolute atomic E-state index is 6.49. The van der Waals surface area contributed by atoms with Gasteiger partial charge in [-0.25, -0.2) is 0 Å². The first kappa shape index (κ1) is 23.5. The molecule has 1 saturated carbocycles. The molecule has 0 bridgehead atoms. The van der Waals surface area contributed by atoms with E-state index in [-0.39, 0.29) is 18.3 Å². The van der Waals surface area contributed by atoms with Gasteiger partial charge in [0.2, 0.25) is 0 Å². The summed E-state index contributed by atoms with van der Waals surface area (Å²) in [6.07, 6.45) is 6.27. The highest BCUT2D eigenvalue weighted by Crippen LogP contribution is 2.47.